The first-order valence-corrected chi connectivity index (χ1v) is 7.22. The molecule has 0 spiro atoms. The van der Waals surface area contributed by atoms with Gasteiger partial charge in [0.05, 0.1) is 18.6 Å². The van der Waals surface area contributed by atoms with Crippen molar-refractivity contribution in [3.8, 4) is 0 Å². The number of piperidine rings is 1. The highest BCUT2D eigenvalue weighted by Gasteiger charge is 2.31. The fourth-order valence-electron chi connectivity index (χ4n) is 2.30. The van der Waals surface area contributed by atoms with Crippen molar-refractivity contribution in [2.24, 2.45) is 17.6 Å². The minimum absolute atomic E-state index is 0.0108. The number of nitrogens with zero attached hydrogens (tertiary/aromatic N) is 1. The molecule has 1 aliphatic heterocycles. The van der Waals surface area contributed by atoms with Crippen LogP contribution in [-0.2, 0) is 14.3 Å². The number of likely N-dealkylation sites (tertiary alicyclic amines) is 1. The number of ether oxygens (including phenoxy) is 1. The van der Waals surface area contributed by atoms with Gasteiger partial charge in [-0.2, -0.15) is 0 Å². The van der Waals surface area contributed by atoms with Crippen LogP contribution in [0.5, 0.6) is 0 Å². The lowest BCUT2D eigenvalue weighted by molar-refractivity contribution is -0.151. The quantitative estimate of drug-likeness (QED) is 0.761. The largest absolute Gasteiger partial charge is 0.466 e. The second-order valence-corrected chi connectivity index (χ2v) is 5.26. The molecule has 0 aromatic rings. The Kier molecular flexibility index (Phi) is 6.28. The Morgan fingerprint density at radius 2 is 1.89 bits per heavy atom. The molecule has 1 fully saturated rings. The van der Waals surface area contributed by atoms with Crippen molar-refractivity contribution >= 4 is 11.9 Å². The minimum atomic E-state index is -0.427. The lowest BCUT2D eigenvalue weighted by atomic mass is 9.94. The van der Waals surface area contributed by atoms with E-state index in [-0.39, 0.29) is 23.7 Å². The highest BCUT2D eigenvalue weighted by Crippen LogP contribution is 2.20. The molecule has 5 heteroatoms. The molecule has 1 heterocycles. The summed E-state index contributed by atoms with van der Waals surface area (Å²) in [4.78, 5) is 25.6. The molecule has 2 N–H and O–H groups in total. The van der Waals surface area contributed by atoms with E-state index in [4.69, 9.17) is 10.5 Å². The third-order valence-electron chi connectivity index (χ3n) is 3.97. The van der Waals surface area contributed by atoms with Gasteiger partial charge in [0, 0.05) is 13.1 Å². The lowest BCUT2D eigenvalue weighted by Gasteiger charge is -2.33. The van der Waals surface area contributed by atoms with Crippen LogP contribution in [0.15, 0.2) is 0 Å². The van der Waals surface area contributed by atoms with Crippen LogP contribution in [0, 0.1) is 11.8 Å². The Hall–Kier alpha value is -1.10. The van der Waals surface area contributed by atoms with Crippen molar-refractivity contribution in [3.63, 3.8) is 0 Å². The van der Waals surface area contributed by atoms with E-state index in [1.807, 2.05) is 20.8 Å². The van der Waals surface area contributed by atoms with Gasteiger partial charge in [0.2, 0.25) is 5.91 Å². The zero-order chi connectivity index (χ0) is 14.4. The Morgan fingerprint density at radius 3 is 2.37 bits per heavy atom. The Balaban J connectivity index is 2.45. The molecule has 0 unspecified atom stereocenters. The highest BCUT2D eigenvalue weighted by molar-refractivity contribution is 5.82. The van der Waals surface area contributed by atoms with Gasteiger partial charge in [-0.3, -0.25) is 9.59 Å². The van der Waals surface area contributed by atoms with E-state index in [2.05, 4.69) is 0 Å². The van der Waals surface area contributed by atoms with Crippen molar-refractivity contribution in [2.75, 3.05) is 19.7 Å². The van der Waals surface area contributed by atoms with Crippen LogP contribution in [0.2, 0.25) is 0 Å². The van der Waals surface area contributed by atoms with E-state index in [0.717, 1.165) is 6.42 Å². The topological polar surface area (TPSA) is 72.6 Å². The van der Waals surface area contributed by atoms with Crippen molar-refractivity contribution < 1.29 is 14.3 Å². The predicted octanol–water partition coefficient (Wildman–Crippen LogP) is 1.16. The van der Waals surface area contributed by atoms with E-state index >= 15 is 0 Å². The van der Waals surface area contributed by atoms with Gasteiger partial charge in [-0.15, -0.1) is 0 Å². The number of carbonyl (C=O) groups excluding carboxylic acids is 2. The van der Waals surface area contributed by atoms with Gasteiger partial charge in [0.15, 0.2) is 0 Å². The SMILES string of the molecule is CCOC(=O)C1CCN(C(=O)[C@@H](N)[C@@H](C)CC)CC1. The molecule has 0 aromatic heterocycles. The maximum Gasteiger partial charge on any atom is 0.309 e. The van der Waals surface area contributed by atoms with E-state index in [0.29, 0.717) is 32.5 Å². The van der Waals surface area contributed by atoms with Gasteiger partial charge in [0.1, 0.15) is 0 Å². The Labute approximate surface area is 115 Å². The number of carbonyl (C=O) groups is 2. The van der Waals surface area contributed by atoms with Crippen LogP contribution in [-0.4, -0.2) is 42.5 Å². The molecular formula is C14H26N2O3. The molecule has 1 rings (SSSR count). The first kappa shape index (κ1) is 16.0. The summed E-state index contributed by atoms with van der Waals surface area (Å²) >= 11 is 0. The monoisotopic (exact) mass is 270 g/mol. The van der Waals surface area contributed by atoms with Crippen molar-refractivity contribution in [1.29, 1.82) is 0 Å². The van der Waals surface area contributed by atoms with Gasteiger partial charge < -0.3 is 15.4 Å². The van der Waals surface area contributed by atoms with Gasteiger partial charge in [0.25, 0.3) is 0 Å². The zero-order valence-electron chi connectivity index (χ0n) is 12.2. The summed E-state index contributed by atoms with van der Waals surface area (Å²) in [6.45, 7) is 7.45. The lowest BCUT2D eigenvalue weighted by Crippen LogP contribution is -2.50. The summed E-state index contributed by atoms with van der Waals surface area (Å²) < 4.78 is 5.01. The average Bonchev–Trinajstić information content (AvgIpc) is 2.45. The maximum absolute atomic E-state index is 12.2. The van der Waals surface area contributed by atoms with Crippen LogP contribution >= 0.6 is 0 Å². The molecule has 0 saturated carbocycles. The molecule has 1 aliphatic rings. The molecule has 0 bridgehead atoms. The summed E-state index contributed by atoms with van der Waals surface area (Å²) in [5, 5.41) is 0. The number of hydrogen-bond acceptors (Lipinski definition) is 4. The highest BCUT2D eigenvalue weighted by atomic mass is 16.5. The van der Waals surface area contributed by atoms with Crippen LogP contribution in [0.4, 0.5) is 0 Å². The average molecular weight is 270 g/mol. The molecule has 0 radical (unpaired) electrons. The van der Waals surface area contributed by atoms with Crippen LogP contribution < -0.4 is 5.73 Å². The summed E-state index contributed by atoms with van der Waals surface area (Å²) in [6, 6.07) is -0.427. The van der Waals surface area contributed by atoms with E-state index < -0.39 is 6.04 Å². The van der Waals surface area contributed by atoms with Crippen LogP contribution in [0.25, 0.3) is 0 Å². The van der Waals surface area contributed by atoms with E-state index in [1.54, 1.807) is 4.90 Å². The summed E-state index contributed by atoms with van der Waals surface area (Å²) in [6.07, 6.45) is 2.25. The van der Waals surface area contributed by atoms with Crippen molar-refractivity contribution in [3.05, 3.63) is 0 Å². The van der Waals surface area contributed by atoms with Crippen molar-refractivity contribution in [1.82, 2.24) is 4.90 Å². The van der Waals surface area contributed by atoms with Gasteiger partial charge in [-0.05, 0) is 25.7 Å². The molecule has 2 atom stereocenters. The number of rotatable bonds is 5. The number of amides is 1. The fraction of sp³-hybridized carbons (Fsp3) is 0.857. The number of nitrogens with two attached hydrogens (primary N) is 1. The standard InChI is InChI=1S/C14H26N2O3/c1-4-10(3)12(15)13(17)16-8-6-11(7-9-16)14(18)19-5-2/h10-12H,4-9,15H2,1-3H3/t10-,12-/m0/s1. The van der Waals surface area contributed by atoms with Gasteiger partial charge in [-0.1, -0.05) is 20.3 Å². The number of esters is 1. The summed E-state index contributed by atoms with van der Waals surface area (Å²) in [5.41, 5.74) is 5.96. The fourth-order valence-corrected chi connectivity index (χ4v) is 2.30. The first-order valence-electron chi connectivity index (χ1n) is 7.22. The smallest absolute Gasteiger partial charge is 0.309 e. The molecule has 19 heavy (non-hydrogen) atoms. The Bertz CT molecular complexity index is 312. The van der Waals surface area contributed by atoms with Crippen LogP contribution in [0.3, 0.4) is 0 Å². The van der Waals surface area contributed by atoms with E-state index in [1.165, 1.54) is 0 Å². The van der Waals surface area contributed by atoms with Crippen LogP contribution in [0.1, 0.15) is 40.0 Å². The molecule has 1 saturated heterocycles. The third-order valence-corrected chi connectivity index (χ3v) is 3.97. The molecular weight excluding hydrogens is 244 g/mol. The second-order valence-electron chi connectivity index (χ2n) is 5.26. The van der Waals surface area contributed by atoms with Crippen molar-refractivity contribution in [2.45, 2.75) is 46.1 Å². The first-order chi connectivity index (χ1) is 9.01. The zero-order valence-corrected chi connectivity index (χ0v) is 12.2. The predicted molar refractivity (Wildman–Crippen MR) is 73.4 cm³/mol. The molecule has 0 aliphatic carbocycles. The van der Waals surface area contributed by atoms with Gasteiger partial charge in [-0.25, -0.2) is 0 Å². The maximum atomic E-state index is 12.2. The van der Waals surface area contributed by atoms with E-state index in [9.17, 15) is 9.59 Å². The summed E-state index contributed by atoms with van der Waals surface area (Å²) in [5.74, 6) is -0.00316. The normalized spacial score (nSPS) is 19.9. The van der Waals surface area contributed by atoms with Gasteiger partial charge >= 0.3 is 5.97 Å². The molecule has 5 nitrogen and oxygen atoms in total. The third kappa shape index (κ3) is 4.20. The second kappa shape index (κ2) is 7.48. The Morgan fingerprint density at radius 1 is 1.32 bits per heavy atom. The molecule has 110 valence electrons. The molecule has 0 aromatic carbocycles. The summed E-state index contributed by atoms with van der Waals surface area (Å²) in [7, 11) is 0. The minimum Gasteiger partial charge on any atom is -0.466 e. The number of hydrogen-bond donors (Lipinski definition) is 1. The molecule has 1 amide bonds.